The lowest BCUT2D eigenvalue weighted by Crippen LogP contribution is -2.26. The Morgan fingerprint density at radius 1 is 1.40 bits per heavy atom. The number of anilines is 1. The summed E-state index contributed by atoms with van der Waals surface area (Å²) in [4.78, 5) is 20.1. The monoisotopic (exact) mass is 302 g/mol. The number of nitrogens with two attached hydrogens (primary N) is 2. The second kappa shape index (κ2) is 6.30. The number of sulfonamides is 1. The fourth-order valence-electron chi connectivity index (χ4n) is 1.45. The van der Waals surface area contributed by atoms with Crippen LogP contribution in [-0.2, 0) is 14.8 Å². The first-order valence-electron chi connectivity index (χ1n) is 5.56. The van der Waals surface area contributed by atoms with Crippen LogP contribution in [0.15, 0.2) is 23.1 Å². The number of nitrogens with zero attached hydrogens (tertiary/aromatic N) is 1. The maximum Gasteiger partial charge on any atom is 0.291 e. The van der Waals surface area contributed by atoms with Gasteiger partial charge < -0.3 is 11.5 Å². The summed E-state index contributed by atoms with van der Waals surface area (Å²) in [5, 5.41) is 10.8. The van der Waals surface area contributed by atoms with Crippen molar-refractivity contribution >= 4 is 27.3 Å². The van der Waals surface area contributed by atoms with Crippen molar-refractivity contribution < 1.29 is 18.1 Å². The Labute approximate surface area is 115 Å². The minimum absolute atomic E-state index is 0.0202. The van der Waals surface area contributed by atoms with E-state index in [0.29, 0.717) is 0 Å². The first kappa shape index (κ1) is 15.9. The maximum absolute atomic E-state index is 11.9. The summed E-state index contributed by atoms with van der Waals surface area (Å²) in [5.41, 5.74) is 9.79. The summed E-state index contributed by atoms with van der Waals surface area (Å²) in [6.07, 6.45) is 0.226. The standard InChI is InChI=1S/C10H14N4O5S/c11-7-3-4-9(8(6-7)14(16)17)20(18,19)13-5-1-2-10(12)15/h3-4,6,13H,1-2,5,11H2,(H2,12,15). The SMILES string of the molecule is NC(=O)CCCNS(=O)(=O)c1ccc(N)cc1[N+](=O)[O-]. The van der Waals surface area contributed by atoms with Gasteiger partial charge in [0.15, 0.2) is 4.90 Å². The summed E-state index contributed by atoms with van der Waals surface area (Å²) in [6.45, 7) is -0.0488. The van der Waals surface area contributed by atoms with E-state index in [9.17, 15) is 23.3 Å². The molecule has 1 amide bonds. The number of nitro groups is 1. The highest BCUT2D eigenvalue weighted by Gasteiger charge is 2.25. The number of nitro benzene ring substituents is 1. The second-order valence-corrected chi connectivity index (χ2v) is 5.69. The van der Waals surface area contributed by atoms with Crippen LogP contribution >= 0.6 is 0 Å². The summed E-state index contributed by atoms with van der Waals surface area (Å²) < 4.78 is 26.0. The molecule has 0 aliphatic carbocycles. The van der Waals surface area contributed by atoms with Crippen molar-refractivity contribution in [2.45, 2.75) is 17.7 Å². The van der Waals surface area contributed by atoms with E-state index in [4.69, 9.17) is 11.5 Å². The van der Waals surface area contributed by atoms with Gasteiger partial charge in [0.25, 0.3) is 5.69 Å². The summed E-state index contributed by atoms with van der Waals surface area (Å²) >= 11 is 0. The zero-order valence-electron chi connectivity index (χ0n) is 10.4. The minimum atomic E-state index is -4.05. The molecule has 0 heterocycles. The number of nitrogen functional groups attached to an aromatic ring is 1. The molecule has 1 aromatic carbocycles. The van der Waals surface area contributed by atoms with E-state index >= 15 is 0 Å². The van der Waals surface area contributed by atoms with Crippen LogP contribution in [0.3, 0.4) is 0 Å². The third kappa shape index (κ3) is 4.17. The summed E-state index contributed by atoms with van der Waals surface area (Å²) in [7, 11) is -4.05. The van der Waals surface area contributed by atoms with E-state index in [2.05, 4.69) is 4.72 Å². The lowest BCUT2D eigenvalue weighted by molar-refractivity contribution is -0.387. The number of amides is 1. The number of hydrogen-bond acceptors (Lipinski definition) is 6. The number of primary amides is 1. The van der Waals surface area contributed by atoms with Crippen LogP contribution in [0.1, 0.15) is 12.8 Å². The van der Waals surface area contributed by atoms with Gasteiger partial charge in [0.2, 0.25) is 15.9 Å². The Morgan fingerprint density at radius 3 is 2.60 bits per heavy atom. The van der Waals surface area contributed by atoms with Gasteiger partial charge in [-0.05, 0) is 18.6 Å². The van der Waals surface area contributed by atoms with E-state index in [-0.39, 0.29) is 25.1 Å². The Balaban J connectivity index is 2.92. The van der Waals surface area contributed by atoms with Gasteiger partial charge in [-0.2, -0.15) is 0 Å². The third-order valence-corrected chi connectivity index (χ3v) is 3.87. The molecule has 0 aliphatic heterocycles. The highest BCUT2D eigenvalue weighted by molar-refractivity contribution is 7.89. The van der Waals surface area contributed by atoms with Gasteiger partial charge in [-0.3, -0.25) is 14.9 Å². The van der Waals surface area contributed by atoms with Crippen LogP contribution in [0.2, 0.25) is 0 Å². The van der Waals surface area contributed by atoms with E-state index < -0.39 is 31.4 Å². The number of carbonyl (C=O) groups excluding carboxylic acids is 1. The molecule has 0 spiro atoms. The molecular weight excluding hydrogens is 288 g/mol. The van der Waals surface area contributed by atoms with Gasteiger partial charge in [0.05, 0.1) is 4.92 Å². The molecule has 0 aliphatic rings. The van der Waals surface area contributed by atoms with E-state index in [1.165, 1.54) is 6.07 Å². The van der Waals surface area contributed by atoms with Crippen molar-refractivity contribution in [3.8, 4) is 0 Å². The van der Waals surface area contributed by atoms with Crippen molar-refractivity contribution in [2.75, 3.05) is 12.3 Å². The molecule has 0 fully saturated rings. The molecule has 0 saturated carbocycles. The molecule has 0 radical (unpaired) electrons. The molecule has 1 aromatic rings. The molecule has 0 unspecified atom stereocenters. The predicted molar refractivity (Wildman–Crippen MR) is 71.1 cm³/mol. The predicted octanol–water partition coefficient (Wildman–Crippen LogP) is -0.279. The van der Waals surface area contributed by atoms with Crippen LogP contribution in [0, 0.1) is 10.1 Å². The Kier molecular flexibility index (Phi) is 5.00. The van der Waals surface area contributed by atoms with E-state index in [1.807, 2.05) is 0 Å². The van der Waals surface area contributed by atoms with E-state index in [1.54, 1.807) is 0 Å². The smallest absolute Gasteiger partial charge is 0.291 e. The molecule has 5 N–H and O–H groups in total. The van der Waals surface area contributed by atoms with E-state index in [0.717, 1.165) is 12.1 Å². The second-order valence-electron chi connectivity index (χ2n) is 3.95. The first-order valence-corrected chi connectivity index (χ1v) is 7.04. The van der Waals surface area contributed by atoms with Gasteiger partial charge in [0.1, 0.15) is 0 Å². The summed E-state index contributed by atoms with van der Waals surface area (Å²) in [5.74, 6) is -0.553. The van der Waals surface area contributed by atoms with Crippen LogP contribution < -0.4 is 16.2 Å². The molecule has 0 aromatic heterocycles. The molecule has 20 heavy (non-hydrogen) atoms. The molecule has 9 nitrogen and oxygen atoms in total. The van der Waals surface area contributed by atoms with Crippen LogP contribution in [-0.4, -0.2) is 25.8 Å². The topological polar surface area (TPSA) is 158 Å². The lowest BCUT2D eigenvalue weighted by atomic mass is 10.3. The van der Waals surface area contributed by atoms with Crippen LogP contribution in [0.5, 0.6) is 0 Å². The van der Waals surface area contributed by atoms with Crippen molar-refractivity contribution in [3.05, 3.63) is 28.3 Å². The number of carbonyl (C=O) groups is 1. The maximum atomic E-state index is 11.9. The fraction of sp³-hybridized carbons (Fsp3) is 0.300. The van der Waals surface area contributed by atoms with Crippen LogP contribution in [0.25, 0.3) is 0 Å². The van der Waals surface area contributed by atoms with Crippen molar-refractivity contribution in [1.29, 1.82) is 0 Å². The minimum Gasteiger partial charge on any atom is -0.399 e. The Morgan fingerprint density at radius 2 is 2.05 bits per heavy atom. The highest BCUT2D eigenvalue weighted by atomic mass is 32.2. The zero-order chi connectivity index (χ0) is 15.3. The lowest BCUT2D eigenvalue weighted by Gasteiger charge is -2.07. The number of nitrogens with one attached hydrogen (secondary N) is 1. The van der Waals surface area contributed by atoms with Crippen molar-refractivity contribution in [1.82, 2.24) is 4.72 Å². The van der Waals surface area contributed by atoms with Gasteiger partial charge in [0, 0.05) is 24.7 Å². The quantitative estimate of drug-likeness (QED) is 0.272. The Hall–Kier alpha value is -2.20. The molecule has 0 bridgehead atoms. The normalized spacial score (nSPS) is 11.2. The highest BCUT2D eigenvalue weighted by Crippen LogP contribution is 2.25. The van der Waals surface area contributed by atoms with Gasteiger partial charge in [-0.25, -0.2) is 13.1 Å². The molecule has 0 atom stereocenters. The Bertz CT molecular complexity index is 629. The number of benzene rings is 1. The van der Waals surface area contributed by atoms with Crippen molar-refractivity contribution in [3.63, 3.8) is 0 Å². The summed E-state index contributed by atoms with van der Waals surface area (Å²) in [6, 6.07) is 3.28. The number of rotatable bonds is 7. The molecule has 0 saturated heterocycles. The fourth-order valence-corrected chi connectivity index (χ4v) is 2.68. The number of hydrogen-bond donors (Lipinski definition) is 3. The van der Waals surface area contributed by atoms with Gasteiger partial charge >= 0.3 is 0 Å². The first-order chi connectivity index (χ1) is 9.24. The van der Waals surface area contributed by atoms with Crippen LogP contribution in [0.4, 0.5) is 11.4 Å². The molecule has 1 rings (SSSR count). The molecular formula is C10H14N4O5S. The van der Waals surface area contributed by atoms with Gasteiger partial charge in [-0.1, -0.05) is 0 Å². The molecule has 10 heteroatoms. The zero-order valence-corrected chi connectivity index (χ0v) is 11.2. The van der Waals surface area contributed by atoms with Gasteiger partial charge in [-0.15, -0.1) is 0 Å². The van der Waals surface area contributed by atoms with Crippen molar-refractivity contribution in [2.24, 2.45) is 5.73 Å². The third-order valence-electron chi connectivity index (χ3n) is 2.36. The average molecular weight is 302 g/mol. The molecule has 110 valence electrons. The average Bonchev–Trinajstić information content (AvgIpc) is 2.34. The largest absolute Gasteiger partial charge is 0.399 e.